The lowest BCUT2D eigenvalue weighted by Gasteiger charge is -2.48. The van der Waals surface area contributed by atoms with Crippen molar-refractivity contribution >= 4 is 17.1 Å². The van der Waals surface area contributed by atoms with Crippen molar-refractivity contribution < 1.29 is 23.1 Å². The number of hydrogen-bond acceptors (Lipinski definition) is 6. The SMILES string of the molecule is CC(C)(C)OC(=O)N1[C@@H]2CCC[C@H]1CC(Oc1ccc3cc(-c4ccco4)c(=O)oc3c1)C2. The van der Waals surface area contributed by atoms with Crippen LogP contribution in [0.5, 0.6) is 5.75 Å². The van der Waals surface area contributed by atoms with Crippen molar-refractivity contribution in [2.24, 2.45) is 0 Å². The molecular weight excluding hydrogens is 422 g/mol. The van der Waals surface area contributed by atoms with E-state index in [4.69, 9.17) is 18.3 Å². The van der Waals surface area contributed by atoms with Crippen LogP contribution in [0.4, 0.5) is 4.79 Å². The lowest BCUT2D eigenvalue weighted by atomic mass is 9.83. The number of carbonyl (C=O) groups excluding carboxylic acids is 1. The Morgan fingerprint density at radius 3 is 2.52 bits per heavy atom. The minimum atomic E-state index is -0.509. The summed E-state index contributed by atoms with van der Waals surface area (Å²) in [5, 5.41) is 0.796. The molecule has 0 radical (unpaired) electrons. The Hall–Kier alpha value is -3.22. The number of piperidine rings is 2. The molecule has 3 atom stereocenters. The van der Waals surface area contributed by atoms with E-state index >= 15 is 0 Å². The third-order valence-corrected chi connectivity index (χ3v) is 6.33. The molecule has 3 aromatic rings. The number of nitrogens with zero attached hydrogens (tertiary/aromatic N) is 1. The second-order valence-corrected chi connectivity index (χ2v) is 9.96. The number of carbonyl (C=O) groups is 1. The summed E-state index contributed by atoms with van der Waals surface area (Å²) >= 11 is 0. The molecule has 2 aliphatic heterocycles. The summed E-state index contributed by atoms with van der Waals surface area (Å²) in [6.45, 7) is 5.69. The molecule has 2 saturated heterocycles. The van der Waals surface area contributed by atoms with E-state index in [0.717, 1.165) is 37.5 Å². The quantitative estimate of drug-likeness (QED) is 0.472. The van der Waals surface area contributed by atoms with E-state index in [9.17, 15) is 9.59 Å². The van der Waals surface area contributed by atoms with Gasteiger partial charge in [0.1, 0.15) is 34.4 Å². The molecule has 2 aliphatic rings. The zero-order valence-electron chi connectivity index (χ0n) is 19.2. The molecule has 2 fully saturated rings. The Morgan fingerprint density at radius 2 is 1.85 bits per heavy atom. The zero-order valence-corrected chi connectivity index (χ0v) is 19.2. The maximum absolute atomic E-state index is 12.8. The summed E-state index contributed by atoms with van der Waals surface area (Å²) in [7, 11) is 0. The summed E-state index contributed by atoms with van der Waals surface area (Å²) in [4.78, 5) is 27.2. The Labute approximate surface area is 192 Å². The molecule has 2 bridgehead atoms. The molecule has 5 rings (SSSR count). The van der Waals surface area contributed by atoms with Crippen molar-refractivity contribution in [2.45, 2.75) is 76.7 Å². The summed E-state index contributed by atoms with van der Waals surface area (Å²) in [5.41, 5.74) is -0.0950. The van der Waals surface area contributed by atoms with E-state index in [2.05, 4.69) is 0 Å². The smallest absolute Gasteiger partial charge is 0.410 e. The van der Waals surface area contributed by atoms with Gasteiger partial charge in [-0.05, 0) is 70.4 Å². The molecule has 0 saturated carbocycles. The number of amides is 1. The summed E-state index contributed by atoms with van der Waals surface area (Å²) in [6, 6.07) is 11.0. The fraction of sp³-hybridized carbons (Fsp3) is 0.462. The maximum Gasteiger partial charge on any atom is 0.410 e. The van der Waals surface area contributed by atoms with Crippen molar-refractivity contribution in [1.82, 2.24) is 4.90 Å². The largest absolute Gasteiger partial charge is 0.490 e. The first-order valence-corrected chi connectivity index (χ1v) is 11.6. The predicted octanol–water partition coefficient (Wildman–Crippen LogP) is 5.75. The van der Waals surface area contributed by atoms with Crippen molar-refractivity contribution in [1.29, 1.82) is 0 Å². The van der Waals surface area contributed by atoms with Gasteiger partial charge in [0.15, 0.2) is 0 Å². The van der Waals surface area contributed by atoms with Crippen molar-refractivity contribution in [3.05, 3.63) is 53.1 Å². The monoisotopic (exact) mass is 451 g/mol. The van der Waals surface area contributed by atoms with Crippen LogP contribution in [0.3, 0.4) is 0 Å². The topological polar surface area (TPSA) is 82.1 Å². The van der Waals surface area contributed by atoms with Gasteiger partial charge in [0.2, 0.25) is 0 Å². The van der Waals surface area contributed by atoms with Gasteiger partial charge in [0.25, 0.3) is 0 Å². The molecule has 7 heteroatoms. The minimum Gasteiger partial charge on any atom is -0.490 e. The number of furan rings is 1. The van der Waals surface area contributed by atoms with E-state index < -0.39 is 11.2 Å². The van der Waals surface area contributed by atoms with Crippen molar-refractivity contribution in [2.75, 3.05) is 0 Å². The first-order valence-electron chi connectivity index (χ1n) is 11.6. The lowest BCUT2D eigenvalue weighted by Crippen LogP contribution is -2.57. The number of hydrogen-bond donors (Lipinski definition) is 0. The van der Waals surface area contributed by atoms with Crippen LogP contribution >= 0.6 is 0 Å². The second kappa shape index (κ2) is 8.28. The number of ether oxygens (including phenoxy) is 2. The van der Waals surface area contributed by atoms with Crippen LogP contribution in [0, 0.1) is 0 Å². The average molecular weight is 452 g/mol. The third-order valence-electron chi connectivity index (χ3n) is 6.33. The Kier molecular flexibility index (Phi) is 5.43. The standard InChI is InChI=1S/C26H29NO6/c1-26(2,3)33-25(29)27-17-6-4-7-18(27)14-20(13-17)31-19-10-9-16-12-21(22-8-5-11-30-22)24(28)32-23(16)15-19/h5,8-12,15,17-18,20H,4,6-7,13-14H2,1-3H3/t17-,18+,20?. The highest BCUT2D eigenvalue weighted by Crippen LogP contribution is 2.37. The van der Waals surface area contributed by atoms with Gasteiger partial charge in [-0.15, -0.1) is 0 Å². The van der Waals surface area contributed by atoms with Gasteiger partial charge in [-0.3, -0.25) is 0 Å². The van der Waals surface area contributed by atoms with Crippen molar-refractivity contribution in [3.63, 3.8) is 0 Å². The third kappa shape index (κ3) is 4.49. The van der Waals surface area contributed by atoms with E-state index in [1.165, 1.54) is 6.26 Å². The zero-order chi connectivity index (χ0) is 23.2. The highest BCUT2D eigenvalue weighted by Gasteiger charge is 2.43. The van der Waals surface area contributed by atoms with Crippen LogP contribution in [0.2, 0.25) is 0 Å². The summed E-state index contributed by atoms with van der Waals surface area (Å²) in [6.07, 6.45) is 5.83. The van der Waals surface area contributed by atoms with Gasteiger partial charge >= 0.3 is 11.7 Å². The maximum atomic E-state index is 12.8. The van der Waals surface area contributed by atoms with E-state index in [0.29, 0.717) is 22.7 Å². The number of rotatable bonds is 3. The highest BCUT2D eigenvalue weighted by atomic mass is 16.6. The fourth-order valence-corrected chi connectivity index (χ4v) is 5.00. The van der Waals surface area contributed by atoms with Crippen LogP contribution in [-0.4, -0.2) is 34.8 Å². The van der Waals surface area contributed by atoms with Gasteiger partial charge in [0, 0.05) is 36.4 Å². The van der Waals surface area contributed by atoms with Crippen LogP contribution in [-0.2, 0) is 4.74 Å². The first-order chi connectivity index (χ1) is 15.8. The lowest BCUT2D eigenvalue weighted by molar-refractivity contribution is -0.0405. The molecule has 0 spiro atoms. The number of fused-ring (bicyclic) bond motifs is 3. The Balaban J connectivity index is 1.32. The van der Waals surface area contributed by atoms with Crippen LogP contribution in [0.15, 0.2) is 56.3 Å². The Bertz CT molecular complexity index is 1190. The highest BCUT2D eigenvalue weighted by molar-refractivity contribution is 5.82. The molecule has 33 heavy (non-hydrogen) atoms. The van der Waals surface area contributed by atoms with Gasteiger partial charge < -0.3 is 23.2 Å². The van der Waals surface area contributed by atoms with E-state index in [1.54, 1.807) is 24.3 Å². The molecule has 1 amide bonds. The van der Waals surface area contributed by atoms with E-state index in [-0.39, 0.29) is 24.3 Å². The number of benzene rings is 1. The molecule has 4 heterocycles. The first kappa shape index (κ1) is 21.6. The molecule has 174 valence electrons. The van der Waals surface area contributed by atoms with Crippen molar-refractivity contribution in [3.8, 4) is 17.1 Å². The normalized spacial score (nSPS) is 22.9. The molecular formula is C26H29NO6. The van der Waals surface area contributed by atoms with Crippen LogP contribution in [0.25, 0.3) is 22.3 Å². The van der Waals surface area contributed by atoms with Gasteiger partial charge in [0.05, 0.1) is 6.26 Å². The van der Waals surface area contributed by atoms with Gasteiger partial charge in [-0.25, -0.2) is 9.59 Å². The van der Waals surface area contributed by atoms with E-state index in [1.807, 2.05) is 37.8 Å². The van der Waals surface area contributed by atoms with Gasteiger partial charge in [-0.2, -0.15) is 0 Å². The second-order valence-electron chi connectivity index (χ2n) is 9.96. The molecule has 2 aromatic heterocycles. The average Bonchev–Trinajstić information content (AvgIpc) is 3.26. The minimum absolute atomic E-state index is 0.00875. The molecule has 1 aromatic carbocycles. The Morgan fingerprint density at radius 1 is 1.09 bits per heavy atom. The fourth-order valence-electron chi connectivity index (χ4n) is 5.00. The molecule has 0 N–H and O–H groups in total. The molecule has 1 unspecified atom stereocenters. The summed E-state index contributed by atoms with van der Waals surface area (Å²) in [5.74, 6) is 1.14. The van der Waals surface area contributed by atoms with Gasteiger partial charge in [-0.1, -0.05) is 0 Å². The predicted molar refractivity (Wildman–Crippen MR) is 123 cm³/mol. The van der Waals surface area contributed by atoms with Crippen LogP contribution < -0.4 is 10.4 Å². The molecule has 7 nitrogen and oxygen atoms in total. The summed E-state index contributed by atoms with van der Waals surface area (Å²) < 4.78 is 22.9. The van der Waals surface area contributed by atoms with Crippen LogP contribution in [0.1, 0.15) is 52.9 Å². The molecule has 0 aliphatic carbocycles.